The number of rotatable bonds is 3. The first-order chi connectivity index (χ1) is 8.01. The molecular weight excluding hydrogens is 212 g/mol. The summed E-state index contributed by atoms with van der Waals surface area (Å²) in [4.78, 5) is 4.39. The largest absolute Gasteiger partial charge is 0.396 e. The fourth-order valence-corrected chi connectivity index (χ4v) is 1.64. The number of pyridine rings is 1. The van der Waals surface area contributed by atoms with E-state index in [9.17, 15) is 0 Å². The molecule has 0 aliphatic rings. The van der Waals surface area contributed by atoms with E-state index < -0.39 is 0 Å². The summed E-state index contributed by atoms with van der Waals surface area (Å²) in [6.45, 7) is 3.86. The van der Waals surface area contributed by atoms with Gasteiger partial charge in [0, 0.05) is 12.6 Å². The fourth-order valence-electron chi connectivity index (χ4n) is 1.64. The predicted octanol–water partition coefficient (Wildman–Crippen LogP) is 1.21. The van der Waals surface area contributed by atoms with E-state index in [4.69, 9.17) is 18.0 Å². The molecule has 0 fully saturated rings. The molecular formula is C13H18N4. The second-order valence-corrected chi connectivity index (χ2v) is 3.80. The van der Waals surface area contributed by atoms with Gasteiger partial charge in [-0.05, 0) is 25.5 Å². The van der Waals surface area contributed by atoms with Gasteiger partial charge in [-0.2, -0.15) is 0 Å². The van der Waals surface area contributed by atoms with E-state index in [1.807, 2.05) is 26.0 Å². The minimum atomic E-state index is 0.587. The molecule has 4 nitrogen and oxygen atoms in total. The number of hydrogen-bond acceptors (Lipinski definition) is 4. The van der Waals surface area contributed by atoms with Crippen molar-refractivity contribution in [1.82, 2.24) is 9.99 Å². The van der Waals surface area contributed by atoms with Gasteiger partial charge in [0.1, 0.15) is 0 Å². The minimum Gasteiger partial charge on any atom is -0.396 e. The van der Waals surface area contributed by atoms with E-state index in [0.717, 1.165) is 23.4 Å². The molecule has 0 radical (unpaired) electrons. The lowest BCUT2D eigenvalue weighted by atomic mass is 10.1. The van der Waals surface area contributed by atoms with Crippen LogP contribution < -0.4 is 11.6 Å². The van der Waals surface area contributed by atoms with Gasteiger partial charge in [-0.15, -0.1) is 6.42 Å². The van der Waals surface area contributed by atoms with Crippen molar-refractivity contribution in [3.8, 4) is 12.3 Å². The van der Waals surface area contributed by atoms with Gasteiger partial charge in [0.15, 0.2) is 0 Å². The van der Waals surface area contributed by atoms with E-state index in [1.54, 1.807) is 7.05 Å². The molecule has 1 rings (SSSR count). The molecule has 0 aliphatic carbocycles. The third kappa shape index (κ3) is 2.77. The summed E-state index contributed by atoms with van der Waals surface area (Å²) in [5, 5.41) is 1.52. The van der Waals surface area contributed by atoms with Crippen molar-refractivity contribution < 1.29 is 0 Å². The van der Waals surface area contributed by atoms with Crippen LogP contribution in [0.1, 0.15) is 30.3 Å². The SMILES string of the molecule is C#Cc1ccc(/C(N)=C(\CC)N(C)N)nc1C. The molecule has 1 aromatic rings. The molecule has 0 atom stereocenters. The van der Waals surface area contributed by atoms with Crippen molar-refractivity contribution in [2.45, 2.75) is 20.3 Å². The lowest BCUT2D eigenvalue weighted by Crippen LogP contribution is -2.27. The van der Waals surface area contributed by atoms with Gasteiger partial charge in [0.2, 0.25) is 0 Å². The van der Waals surface area contributed by atoms with E-state index >= 15 is 0 Å². The summed E-state index contributed by atoms with van der Waals surface area (Å²) in [7, 11) is 1.76. The van der Waals surface area contributed by atoms with Crippen LogP contribution in [0.2, 0.25) is 0 Å². The maximum absolute atomic E-state index is 6.05. The Balaban J connectivity index is 3.26. The first-order valence-electron chi connectivity index (χ1n) is 5.42. The fraction of sp³-hybridized carbons (Fsp3) is 0.308. The maximum Gasteiger partial charge on any atom is 0.0881 e. The molecule has 0 aliphatic heterocycles. The number of nitrogens with zero attached hydrogens (tertiary/aromatic N) is 2. The molecule has 0 aromatic carbocycles. The van der Waals surface area contributed by atoms with Crippen LogP contribution in [0.25, 0.3) is 5.70 Å². The summed E-state index contributed by atoms with van der Waals surface area (Å²) in [6.07, 6.45) is 6.10. The van der Waals surface area contributed by atoms with E-state index in [2.05, 4.69) is 10.9 Å². The third-order valence-corrected chi connectivity index (χ3v) is 2.59. The molecule has 90 valence electrons. The van der Waals surface area contributed by atoms with Gasteiger partial charge < -0.3 is 10.7 Å². The zero-order valence-electron chi connectivity index (χ0n) is 10.5. The van der Waals surface area contributed by atoms with Crippen molar-refractivity contribution in [2.75, 3.05) is 7.05 Å². The van der Waals surface area contributed by atoms with Crippen molar-refractivity contribution in [1.29, 1.82) is 0 Å². The van der Waals surface area contributed by atoms with Gasteiger partial charge in [-0.1, -0.05) is 12.8 Å². The lowest BCUT2D eigenvalue weighted by molar-refractivity contribution is 0.428. The average molecular weight is 230 g/mol. The summed E-state index contributed by atoms with van der Waals surface area (Å²) < 4.78 is 0. The van der Waals surface area contributed by atoms with Crippen molar-refractivity contribution in [3.05, 3.63) is 34.8 Å². The van der Waals surface area contributed by atoms with Gasteiger partial charge in [0.25, 0.3) is 0 Å². The Hall–Kier alpha value is -1.99. The molecule has 4 heteroatoms. The number of aromatic nitrogens is 1. The Labute approximate surface area is 102 Å². The second kappa shape index (κ2) is 5.37. The Morgan fingerprint density at radius 1 is 1.53 bits per heavy atom. The van der Waals surface area contributed by atoms with Crippen LogP contribution in [-0.2, 0) is 0 Å². The maximum atomic E-state index is 6.05. The molecule has 0 unspecified atom stereocenters. The van der Waals surface area contributed by atoms with E-state index in [0.29, 0.717) is 11.4 Å². The smallest absolute Gasteiger partial charge is 0.0881 e. The van der Waals surface area contributed by atoms with Crippen molar-refractivity contribution in [3.63, 3.8) is 0 Å². The van der Waals surface area contributed by atoms with Crippen molar-refractivity contribution >= 4 is 5.70 Å². The van der Waals surface area contributed by atoms with Gasteiger partial charge in [-0.3, -0.25) is 4.98 Å². The highest BCUT2D eigenvalue weighted by Crippen LogP contribution is 2.16. The first kappa shape index (κ1) is 13.1. The van der Waals surface area contributed by atoms with Crippen LogP contribution in [0.5, 0.6) is 0 Å². The number of hydrogen-bond donors (Lipinski definition) is 2. The molecule has 4 N–H and O–H groups in total. The number of allylic oxidation sites excluding steroid dienone is 1. The van der Waals surface area contributed by atoms with Gasteiger partial charge in [0.05, 0.1) is 22.8 Å². The second-order valence-electron chi connectivity index (χ2n) is 3.80. The van der Waals surface area contributed by atoms with Crippen molar-refractivity contribution in [2.24, 2.45) is 11.6 Å². The molecule has 0 saturated carbocycles. The number of hydrazine groups is 1. The van der Waals surface area contributed by atoms with Crippen LogP contribution in [0, 0.1) is 19.3 Å². The van der Waals surface area contributed by atoms with Crippen LogP contribution in [-0.4, -0.2) is 17.0 Å². The van der Waals surface area contributed by atoms with Crippen LogP contribution in [0.15, 0.2) is 17.8 Å². The summed E-state index contributed by atoms with van der Waals surface area (Å²) in [6, 6.07) is 3.66. The van der Waals surface area contributed by atoms with Gasteiger partial charge in [-0.25, -0.2) is 5.84 Å². The molecule has 0 spiro atoms. The molecule has 0 bridgehead atoms. The normalized spacial score (nSPS) is 11.7. The zero-order chi connectivity index (χ0) is 13.0. The van der Waals surface area contributed by atoms with E-state index in [1.165, 1.54) is 5.01 Å². The Morgan fingerprint density at radius 2 is 2.18 bits per heavy atom. The summed E-state index contributed by atoms with van der Waals surface area (Å²) in [5.41, 5.74) is 9.77. The predicted molar refractivity (Wildman–Crippen MR) is 70.3 cm³/mol. The molecule has 1 heterocycles. The topological polar surface area (TPSA) is 68.2 Å². The highest BCUT2D eigenvalue weighted by Gasteiger charge is 2.09. The van der Waals surface area contributed by atoms with E-state index in [-0.39, 0.29) is 0 Å². The van der Waals surface area contributed by atoms with Crippen LogP contribution in [0.3, 0.4) is 0 Å². The highest BCUT2D eigenvalue weighted by atomic mass is 15.4. The standard InChI is InChI=1S/C13H18N4/c1-5-10-7-8-11(16-9(10)3)13(14)12(6-2)17(4)15/h1,7-8H,6,14-15H2,2-4H3/b13-12-. The summed E-state index contributed by atoms with van der Waals surface area (Å²) >= 11 is 0. The zero-order valence-corrected chi connectivity index (χ0v) is 10.5. The summed E-state index contributed by atoms with van der Waals surface area (Å²) in [5.74, 6) is 8.29. The quantitative estimate of drug-likeness (QED) is 0.465. The monoisotopic (exact) mass is 230 g/mol. The highest BCUT2D eigenvalue weighted by molar-refractivity contribution is 5.63. The third-order valence-electron chi connectivity index (χ3n) is 2.59. The Morgan fingerprint density at radius 3 is 2.59 bits per heavy atom. The minimum absolute atomic E-state index is 0.587. The Kier molecular flexibility index (Phi) is 4.13. The lowest BCUT2D eigenvalue weighted by Gasteiger charge is -2.18. The number of nitrogens with two attached hydrogens (primary N) is 2. The molecule has 17 heavy (non-hydrogen) atoms. The number of terminal acetylenes is 1. The average Bonchev–Trinajstić information content (AvgIpc) is 2.29. The molecule has 0 saturated heterocycles. The van der Waals surface area contributed by atoms with Gasteiger partial charge >= 0.3 is 0 Å². The first-order valence-corrected chi connectivity index (χ1v) is 5.42. The van der Waals surface area contributed by atoms with Crippen LogP contribution in [0.4, 0.5) is 0 Å². The molecule has 0 amide bonds. The van der Waals surface area contributed by atoms with Crippen LogP contribution >= 0.6 is 0 Å². The molecule has 1 aromatic heterocycles. The number of aryl methyl sites for hydroxylation is 1. The Bertz CT molecular complexity index is 481.